The van der Waals surface area contributed by atoms with Crippen molar-refractivity contribution in [2.45, 2.75) is 13.1 Å². The van der Waals surface area contributed by atoms with Crippen molar-refractivity contribution in [3.63, 3.8) is 0 Å². The molecule has 0 saturated heterocycles. The van der Waals surface area contributed by atoms with Gasteiger partial charge >= 0.3 is 0 Å². The molecule has 2 N–H and O–H groups in total. The van der Waals surface area contributed by atoms with Crippen molar-refractivity contribution < 1.29 is 0 Å². The van der Waals surface area contributed by atoms with Crippen LogP contribution in [-0.2, 0) is 13.1 Å². The maximum atomic E-state index is 5.86. The highest BCUT2D eigenvalue weighted by molar-refractivity contribution is 9.10. The van der Waals surface area contributed by atoms with Gasteiger partial charge in [0.25, 0.3) is 0 Å². The Morgan fingerprint density at radius 1 is 1.05 bits per heavy atom. The van der Waals surface area contributed by atoms with Gasteiger partial charge in [-0.1, -0.05) is 50.1 Å². The van der Waals surface area contributed by atoms with Gasteiger partial charge in [0.05, 0.1) is 0 Å². The summed E-state index contributed by atoms with van der Waals surface area (Å²) in [6, 6.07) is 14.3. The molecule has 100 valence electrons. The number of benzene rings is 2. The van der Waals surface area contributed by atoms with E-state index in [0.717, 1.165) is 27.7 Å². The van der Waals surface area contributed by atoms with Gasteiger partial charge in [-0.05, 0) is 42.4 Å². The van der Waals surface area contributed by atoms with E-state index in [-0.39, 0.29) is 0 Å². The molecule has 0 fully saturated rings. The summed E-state index contributed by atoms with van der Waals surface area (Å²) in [6.45, 7) is 1.76. The van der Waals surface area contributed by atoms with Gasteiger partial charge in [0, 0.05) is 27.7 Å². The fourth-order valence-corrected chi connectivity index (χ4v) is 3.02. The first-order valence-electron chi connectivity index (χ1n) is 6.01. The van der Waals surface area contributed by atoms with Gasteiger partial charge in [-0.25, -0.2) is 0 Å². The minimum atomic E-state index is 0.790. The number of anilines is 1. The van der Waals surface area contributed by atoms with E-state index in [2.05, 4.69) is 68.1 Å². The topological polar surface area (TPSA) is 29.3 Å². The smallest absolute Gasteiger partial charge is 0.0328 e. The second-order valence-electron chi connectivity index (χ2n) is 4.66. The second-order valence-corrected chi connectivity index (χ2v) is 6.43. The summed E-state index contributed by atoms with van der Waals surface area (Å²) in [5.74, 6) is 0. The molecule has 0 aliphatic heterocycles. The quantitative estimate of drug-likeness (QED) is 0.791. The van der Waals surface area contributed by atoms with Crippen molar-refractivity contribution in [2.24, 2.45) is 0 Å². The number of halogens is 2. The fraction of sp³-hybridized carbons (Fsp3) is 0.200. The van der Waals surface area contributed by atoms with E-state index < -0.39 is 0 Å². The minimum Gasteiger partial charge on any atom is -0.399 e. The molecule has 0 atom stereocenters. The van der Waals surface area contributed by atoms with E-state index in [1.165, 1.54) is 11.1 Å². The molecule has 2 rings (SSSR count). The molecule has 0 heterocycles. The molecule has 19 heavy (non-hydrogen) atoms. The van der Waals surface area contributed by atoms with Crippen LogP contribution in [0.15, 0.2) is 51.4 Å². The molecule has 4 heteroatoms. The number of nitrogens with two attached hydrogens (primary N) is 1. The van der Waals surface area contributed by atoms with Crippen LogP contribution in [0.1, 0.15) is 11.1 Å². The summed E-state index contributed by atoms with van der Waals surface area (Å²) in [4.78, 5) is 2.27. The van der Waals surface area contributed by atoms with Crippen molar-refractivity contribution >= 4 is 37.5 Å². The highest BCUT2D eigenvalue weighted by Gasteiger charge is 2.05. The van der Waals surface area contributed by atoms with Gasteiger partial charge in [0.15, 0.2) is 0 Å². The van der Waals surface area contributed by atoms with E-state index in [4.69, 9.17) is 5.73 Å². The molecular formula is C15H16Br2N2. The normalized spacial score (nSPS) is 10.9. The molecule has 2 aromatic rings. The Labute approximate surface area is 130 Å². The molecule has 0 saturated carbocycles. The zero-order valence-corrected chi connectivity index (χ0v) is 13.9. The molecular weight excluding hydrogens is 368 g/mol. The Morgan fingerprint density at radius 2 is 1.79 bits per heavy atom. The Kier molecular flexibility index (Phi) is 5.02. The van der Waals surface area contributed by atoms with Crippen LogP contribution in [-0.4, -0.2) is 11.9 Å². The van der Waals surface area contributed by atoms with Gasteiger partial charge in [0.1, 0.15) is 0 Å². The SMILES string of the molecule is CN(Cc1cc(N)cc(Br)c1)Cc1ccccc1Br. The highest BCUT2D eigenvalue weighted by Crippen LogP contribution is 2.21. The molecule has 2 aromatic carbocycles. The van der Waals surface area contributed by atoms with Crippen LogP contribution in [0.25, 0.3) is 0 Å². The molecule has 0 radical (unpaired) electrons. The number of rotatable bonds is 4. The lowest BCUT2D eigenvalue weighted by Crippen LogP contribution is -2.17. The molecule has 0 spiro atoms. The van der Waals surface area contributed by atoms with Gasteiger partial charge < -0.3 is 5.73 Å². The van der Waals surface area contributed by atoms with E-state index in [9.17, 15) is 0 Å². The Morgan fingerprint density at radius 3 is 2.47 bits per heavy atom. The molecule has 0 unspecified atom stereocenters. The summed E-state index contributed by atoms with van der Waals surface area (Å²) in [6.07, 6.45) is 0. The standard InChI is InChI=1S/C15H16Br2N2/c1-19(10-12-4-2-3-5-15(12)17)9-11-6-13(16)8-14(18)7-11/h2-8H,9-10,18H2,1H3. The summed E-state index contributed by atoms with van der Waals surface area (Å²) in [5.41, 5.74) is 9.14. The summed E-state index contributed by atoms with van der Waals surface area (Å²) in [5, 5.41) is 0. The van der Waals surface area contributed by atoms with Crippen molar-refractivity contribution in [1.29, 1.82) is 0 Å². The molecule has 0 aliphatic rings. The van der Waals surface area contributed by atoms with E-state index in [1.807, 2.05) is 18.2 Å². The summed E-state index contributed by atoms with van der Waals surface area (Å²) < 4.78 is 2.17. The van der Waals surface area contributed by atoms with Crippen LogP contribution in [0.3, 0.4) is 0 Å². The van der Waals surface area contributed by atoms with Crippen LogP contribution in [0.5, 0.6) is 0 Å². The van der Waals surface area contributed by atoms with Crippen LogP contribution >= 0.6 is 31.9 Å². The predicted molar refractivity (Wildman–Crippen MR) is 87.9 cm³/mol. The zero-order chi connectivity index (χ0) is 13.8. The first-order chi connectivity index (χ1) is 9.04. The molecule has 0 amide bonds. The third-order valence-corrected chi connectivity index (χ3v) is 4.06. The van der Waals surface area contributed by atoms with E-state index in [1.54, 1.807) is 0 Å². The van der Waals surface area contributed by atoms with Gasteiger partial charge in [-0.3, -0.25) is 4.90 Å². The first kappa shape index (κ1) is 14.6. The third-order valence-electron chi connectivity index (χ3n) is 2.83. The van der Waals surface area contributed by atoms with Crippen LogP contribution in [0.2, 0.25) is 0 Å². The monoisotopic (exact) mass is 382 g/mol. The van der Waals surface area contributed by atoms with Gasteiger partial charge in [0.2, 0.25) is 0 Å². The average Bonchev–Trinajstić information content (AvgIpc) is 2.30. The Bertz CT molecular complexity index is 550. The highest BCUT2D eigenvalue weighted by atomic mass is 79.9. The number of nitrogens with zero attached hydrogens (tertiary/aromatic N) is 1. The van der Waals surface area contributed by atoms with Crippen LogP contribution in [0, 0.1) is 0 Å². The van der Waals surface area contributed by atoms with Crippen molar-refractivity contribution in [3.05, 3.63) is 62.5 Å². The maximum Gasteiger partial charge on any atom is 0.0328 e. The first-order valence-corrected chi connectivity index (χ1v) is 7.60. The number of hydrogen-bond acceptors (Lipinski definition) is 2. The molecule has 0 aromatic heterocycles. The van der Waals surface area contributed by atoms with Crippen LogP contribution in [0.4, 0.5) is 5.69 Å². The van der Waals surface area contributed by atoms with Crippen molar-refractivity contribution in [2.75, 3.05) is 12.8 Å². The maximum absolute atomic E-state index is 5.86. The number of nitrogen functional groups attached to an aromatic ring is 1. The lowest BCUT2D eigenvalue weighted by Gasteiger charge is -2.18. The molecule has 0 bridgehead atoms. The second kappa shape index (κ2) is 6.55. The van der Waals surface area contributed by atoms with Crippen LogP contribution < -0.4 is 5.73 Å². The third kappa shape index (κ3) is 4.34. The zero-order valence-electron chi connectivity index (χ0n) is 10.7. The van der Waals surface area contributed by atoms with Gasteiger partial charge in [-0.15, -0.1) is 0 Å². The van der Waals surface area contributed by atoms with E-state index in [0.29, 0.717) is 0 Å². The minimum absolute atomic E-state index is 0.790. The molecule has 0 aliphatic carbocycles. The van der Waals surface area contributed by atoms with Crippen molar-refractivity contribution in [1.82, 2.24) is 4.90 Å². The van der Waals surface area contributed by atoms with E-state index >= 15 is 0 Å². The Hall–Kier alpha value is -0.840. The molecule has 2 nitrogen and oxygen atoms in total. The largest absolute Gasteiger partial charge is 0.399 e. The number of hydrogen-bond donors (Lipinski definition) is 1. The van der Waals surface area contributed by atoms with Gasteiger partial charge in [-0.2, -0.15) is 0 Å². The summed E-state index contributed by atoms with van der Waals surface area (Å²) >= 11 is 7.05. The average molecular weight is 384 g/mol. The summed E-state index contributed by atoms with van der Waals surface area (Å²) in [7, 11) is 2.11. The lowest BCUT2D eigenvalue weighted by molar-refractivity contribution is 0.318. The predicted octanol–water partition coefficient (Wildman–Crippen LogP) is 4.43. The fourth-order valence-electron chi connectivity index (χ4n) is 2.05. The Balaban J connectivity index is 2.05. The van der Waals surface area contributed by atoms with Crippen molar-refractivity contribution in [3.8, 4) is 0 Å². The lowest BCUT2D eigenvalue weighted by atomic mass is 10.1.